The van der Waals surface area contributed by atoms with Crippen molar-refractivity contribution in [2.75, 3.05) is 19.8 Å². The minimum absolute atomic E-state index is 0.349. The Morgan fingerprint density at radius 3 is 2.67 bits per heavy atom. The fourth-order valence-corrected chi connectivity index (χ4v) is 2.96. The van der Waals surface area contributed by atoms with Gasteiger partial charge in [0.2, 0.25) is 0 Å². The Labute approximate surface area is 124 Å². The van der Waals surface area contributed by atoms with Gasteiger partial charge in [-0.15, -0.1) is 0 Å². The fourth-order valence-electron chi connectivity index (χ4n) is 2.96. The Hall–Kier alpha value is -1.30. The number of benzene rings is 1. The molecule has 0 amide bonds. The molecule has 0 aromatic heterocycles. The predicted molar refractivity (Wildman–Crippen MR) is 76.5 cm³/mol. The van der Waals surface area contributed by atoms with Crippen LogP contribution < -0.4 is 9.47 Å². The van der Waals surface area contributed by atoms with Gasteiger partial charge in [-0.2, -0.15) is 0 Å². The molecule has 1 saturated heterocycles. The van der Waals surface area contributed by atoms with Crippen LogP contribution >= 0.6 is 0 Å². The molecule has 2 atom stereocenters. The van der Waals surface area contributed by atoms with Crippen LogP contribution in [0.2, 0.25) is 0 Å². The normalized spacial score (nSPS) is 27.7. The summed E-state index contributed by atoms with van der Waals surface area (Å²) in [6.07, 6.45) is 0.994. The summed E-state index contributed by atoms with van der Waals surface area (Å²) in [4.78, 5) is 0. The second-order valence-electron chi connectivity index (χ2n) is 5.45. The molecule has 0 bridgehead atoms. The molecule has 5 heteroatoms. The van der Waals surface area contributed by atoms with Gasteiger partial charge in [-0.3, -0.25) is 0 Å². The molecule has 2 aliphatic rings. The zero-order chi connectivity index (χ0) is 14.7. The maximum Gasteiger partial charge on any atom is 0.172 e. The summed E-state index contributed by atoms with van der Waals surface area (Å²) in [7, 11) is 0. The van der Waals surface area contributed by atoms with Crippen LogP contribution in [0.4, 0.5) is 0 Å². The van der Waals surface area contributed by atoms with E-state index in [4.69, 9.17) is 18.9 Å². The maximum atomic E-state index is 10.2. The van der Waals surface area contributed by atoms with Gasteiger partial charge in [0.25, 0.3) is 0 Å². The van der Waals surface area contributed by atoms with Gasteiger partial charge in [-0.05, 0) is 25.5 Å². The Balaban J connectivity index is 1.73. The molecule has 5 nitrogen and oxygen atoms in total. The lowest BCUT2D eigenvalue weighted by Gasteiger charge is -2.39. The van der Waals surface area contributed by atoms with E-state index in [9.17, 15) is 5.11 Å². The highest BCUT2D eigenvalue weighted by molar-refractivity contribution is 5.39. The van der Waals surface area contributed by atoms with E-state index < -0.39 is 11.9 Å². The first-order chi connectivity index (χ1) is 10.2. The van der Waals surface area contributed by atoms with Crippen LogP contribution in [0.15, 0.2) is 24.3 Å². The zero-order valence-corrected chi connectivity index (χ0v) is 12.3. The highest BCUT2D eigenvalue weighted by Gasteiger charge is 2.46. The summed E-state index contributed by atoms with van der Waals surface area (Å²) in [5, 5.41) is 10.2. The molecule has 0 radical (unpaired) electrons. The summed E-state index contributed by atoms with van der Waals surface area (Å²) in [6, 6.07) is 7.52. The van der Waals surface area contributed by atoms with Gasteiger partial charge in [-0.25, -0.2) is 0 Å². The lowest BCUT2D eigenvalue weighted by atomic mass is 9.89. The number of hydrogen-bond acceptors (Lipinski definition) is 5. The Morgan fingerprint density at radius 1 is 1.24 bits per heavy atom. The largest absolute Gasteiger partial charge is 0.490 e. The van der Waals surface area contributed by atoms with Gasteiger partial charge in [0.05, 0.1) is 25.9 Å². The molecular formula is C16H22O5. The minimum Gasteiger partial charge on any atom is -0.490 e. The van der Waals surface area contributed by atoms with E-state index in [0.717, 1.165) is 0 Å². The molecule has 1 aromatic carbocycles. The molecule has 2 unspecified atom stereocenters. The lowest BCUT2D eigenvalue weighted by Crippen LogP contribution is -2.47. The van der Waals surface area contributed by atoms with E-state index >= 15 is 0 Å². The smallest absolute Gasteiger partial charge is 0.172 e. The molecule has 1 heterocycles. The molecule has 1 aromatic rings. The highest BCUT2D eigenvalue weighted by atomic mass is 16.7. The average Bonchev–Trinajstić information content (AvgIpc) is 2.94. The van der Waals surface area contributed by atoms with Crippen molar-refractivity contribution in [2.45, 2.75) is 44.2 Å². The molecule has 21 heavy (non-hydrogen) atoms. The number of rotatable bonds is 4. The van der Waals surface area contributed by atoms with Crippen molar-refractivity contribution in [3.05, 3.63) is 24.3 Å². The van der Waals surface area contributed by atoms with E-state index in [0.29, 0.717) is 50.6 Å². The van der Waals surface area contributed by atoms with E-state index in [1.165, 1.54) is 0 Å². The first-order valence-corrected chi connectivity index (χ1v) is 7.57. The number of ether oxygens (including phenoxy) is 4. The molecule has 3 rings (SSSR count). The predicted octanol–water partition coefficient (Wildman–Crippen LogP) is 2.12. The van der Waals surface area contributed by atoms with E-state index in [1.807, 2.05) is 31.2 Å². The van der Waals surface area contributed by atoms with E-state index in [-0.39, 0.29) is 6.10 Å². The molecule has 1 saturated carbocycles. The molecule has 1 N–H and O–H groups in total. The monoisotopic (exact) mass is 294 g/mol. The van der Waals surface area contributed by atoms with Crippen LogP contribution in [0.3, 0.4) is 0 Å². The first-order valence-electron chi connectivity index (χ1n) is 7.57. The number of aliphatic hydroxyl groups is 1. The average molecular weight is 294 g/mol. The van der Waals surface area contributed by atoms with Crippen LogP contribution in [0.1, 0.15) is 26.2 Å². The molecule has 1 spiro atoms. The number of aliphatic hydroxyl groups excluding tert-OH is 1. The molecule has 2 fully saturated rings. The van der Waals surface area contributed by atoms with Gasteiger partial charge in [0.15, 0.2) is 17.3 Å². The van der Waals surface area contributed by atoms with Gasteiger partial charge >= 0.3 is 0 Å². The van der Waals surface area contributed by atoms with Gasteiger partial charge in [0.1, 0.15) is 6.10 Å². The zero-order valence-electron chi connectivity index (χ0n) is 12.3. The summed E-state index contributed by atoms with van der Waals surface area (Å²) >= 11 is 0. The number of hydrogen-bond donors (Lipinski definition) is 1. The van der Waals surface area contributed by atoms with E-state index in [1.54, 1.807) is 0 Å². The third kappa shape index (κ3) is 3.15. The number of para-hydroxylation sites is 2. The van der Waals surface area contributed by atoms with Gasteiger partial charge in [0, 0.05) is 12.8 Å². The Bertz CT molecular complexity index is 469. The van der Waals surface area contributed by atoms with Crippen LogP contribution in [-0.2, 0) is 9.47 Å². The van der Waals surface area contributed by atoms with E-state index in [2.05, 4.69) is 0 Å². The summed E-state index contributed by atoms with van der Waals surface area (Å²) < 4.78 is 23.0. The third-order valence-electron chi connectivity index (χ3n) is 4.00. The van der Waals surface area contributed by atoms with Crippen molar-refractivity contribution in [1.29, 1.82) is 0 Å². The summed E-state index contributed by atoms with van der Waals surface area (Å²) in [5.41, 5.74) is 0. The van der Waals surface area contributed by atoms with Crippen LogP contribution in [0.5, 0.6) is 11.5 Å². The summed E-state index contributed by atoms with van der Waals surface area (Å²) in [5.74, 6) is 0.767. The molecule has 1 aliphatic heterocycles. The second-order valence-corrected chi connectivity index (χ2v) is 5.45. The van der Waals surface area contributed by atoms with Crippen molar-refractivity contribution in [3.63, 3.8) is 0 Å². The topological polar surface area (TPSA) is 57.2 Å². The fraction of sp³-hybridized carbons (Fsp3) is 0.625. The van der Waals surface area contributed by atoms with Crippen LogP contribution in [0.25, 0.3) is 0 Å². The molecule has 116 valence electrons. The molecule has 1 aliphatic carbocycles. The second kappa shape index (κ2) is 6.22. The van der Waals surface area contributed by atoms with Crippen molar-refractivity contribution in [1.82, 2.24) is 0 Å². The standard InChI is InChI=1S/C16H22O5/c1-2-18-13-5-3-4-6-14(13)21-15-11-16(8-7-12(15)17)19-9-10-20-16/h3-6,12,15,17H,2,7-11H2,1H3. The van der Waals surface area contributed by atoms with Crippen molar-refractivity contribution in [2.24, 2.45) is 0 Å². The minimum atomic E-state index is -0.579. The van der Waals surface area contributed by atoms with Crippen LogP contribution in [0, 0.1) is 0 Å². The Morgan fingerprint density at radius 2 is 1.95 bits per heavy atom. The quantitative estimate of drug-likeness (QED) is 0.922. The van der Waals surface area contributed by atoms with Gasteiger partial charge < -0.3 is 24.1 Å². The van der Waals surface area contributed by atoms with Gasteiger partial charge in [-0.1, -0.05) is 12.1 Å². The SMILES string of the molecule is CCOc1ccccc1OC1CC2(CCC1O)OCCO2. The van der Waals surface area contributed by atoms with Crippen molar-refractivity contribution >= 4 is 0 Å². The lowest BCUT2D eigenvalue weighted by molar-refractivity contribution is -0.209. The third-order valence-corrected chi connectivity index (χ3v) is 4.00. The maximum absolute atomic E-state index is 10.2. The molecular weight excluding hydrogens is 272 g/mol. The first kappa shape index (κ1) is 14.6. The van der Waals surface area contributed by atoms with Crippen LogP contribution in [-0.4, -0.2) is 42.9 Å². The summed E-state index contributed by atoms with van der Waals surface area (Å²) in [6.45, 7) is 3.72. The van der Waals surface area contributed by atoms with Crippen molar-refractivity contribution in [3.8, 4) is 11.5 Å². The highest BCUT2D eigenvalue weighted by Crippen LogP contribution is 2.38. The van der Waals surface area contributed by atoms with Crippen molar-refractivity contribution < 1.29 is 24.1 Å². The Kier molecular flexibility index (Phi) is 4.33.